The minimum absolute atomic E-state index is 0.284. The maximum Gasteiger partial charge on any atom is 0.167 e. The zero-order valence-electron chi connectivity index (χ0n) is 29.1. The Hall–Kier alpha value is -6.24. The van der Waals surface area contributed by atoms with Crippen molar-refractivity contribution >= 4 is 21.6 Å². The van der Waals surface area contributed by atoms with Crippen molar-refractivity contribution in [3.8, 4) is 67.8 Å². The van der Waals surface area contributed by atoms with E-state index in [4.69, 9.17) is 9.97 Å². The molecule has 8 aromatic rings. The van der Waals surface area contributed by atoms with Crippen molar-refractivity contribution in [2.45, 2.75) is 9.79 Å². The van der Waals surface area contributed by atoms with Crippen LogP contribution in [0.3, 0.4) is 0 Å². The highest BCUT2D eigenvalue weighted by Gasteiger charge is 2.17. The number of nitrogens with one attached hydrogen (secondary N) is 3. The number of rotatable bonds is 8. The van der Waals surface area contributed by atoms with Gasteiger partial charge in [-0.15, -0.1) is 0 Å². The molecule has 0 aliphatic heterocycles. The van der Waals surface area contributed by atoms with Gasteiger partial charge in [0.1, 0.15) is 23.3 Å². The predicted molar refractivity (Wildman–Crippen MR) is 209 cm³/mol. The van der Waals surface area contributed by atoms with Gasteiger partial charge in [-0.25, -0.2) is 23.7 Å². The van der Waals surface area contributed by atoms with Gasteiger partial charge in [-0.05, 0) is 84.9 Å². The molecule has 268 valence electrons. The zero-order valence-corrected chi connectivity index (χ0v) is 30.7. The summed E-state index contributed by atoms with van der Waals surface area (Å²) in [4.78, 5) is 24.9. The molecule has 0 aliphatic rings. The van der Waals surface area contributed by atoms with Gasteiger partial charge in [-0.1, -0.05) is 24.3 Å². The molecule has 2 unspecified atom stereocenters. The van der Waals surface area contributed by atoms with Crippen LogP contribution in [0.2, 0.25) is 0 Å². The monoisotopic (exact) mass is 755 g/mol. The van der Waals surface area contributed by atoms with E-state index in [2.05, 4.69) is 19.9 Å². The van der Waals surface area contributed by atoms with Crippen LogP contribution in [0.4, 0.5) is 8.78 Å². The Morgan fingerprint density at radius 3 is 1.24 bits per heavy atom. The Labute approximate surface area is 315 Å². The van der Waals surface area contributed by atoms with Crippen LogP contribution >= 0.6 is 0 Å². The molecule has 0 aliphatic carbocycles. The molecule has 0 saturated heterocycles. The van der Waals surface area contributed by atoms with Gasteiger partial charge in [0.2, 0.25) is 0 Å². The first-order valence-electron chi connectivity index (χ1n) is 16.7. The van der Waals surface area contributed by atoms with Crippen molar-refractivity contribution in [2.75, 3.05) is 12.5 Å². The van der Waals surface area contributed by atoms with Gasteiger partial charge >= 0.3 is 0 Å². The Balaban J connectivity index is 0.000000167. The highest BCUT2D eigenvalue weighted by atomic mass is 32.2. The van der Waals surface area contributed by atoms with Crippen molar-refractivity contribution < 1.29 is 22.2 Å². The standard InChI is InChI=1S/2C21H16FN3OS/c2*1-27(26)18-8-4-16(5-9-18)21-24-19(14-2-6-17(22)7-3-14)20(25-21)15-10-12-23-13-11-15/h2*2-13H,1H3,(H,24,25)/p+1. The number of benzene rings is 4. The summed E-state index contributed by atoms with van der Waals surface area (Å²) in [7, 11) is -2.05. The van der Waals surface area contributed by atoms with E-state index in [9.17, 15) is 17.2 Å². The third-order valence-electron chi connectivity index (χ3n) is 8.54. The summed E-state index contributed by atoms with van der Waals surface area (Å²) in [5.41, 5.74) is 8.50. The second-order valence-corrected chi connectivity index (χ2v) is 14.9. The van der Waals surface area contributed by atoms with E-state index in [1.165, 1.54) is 24.3 Å². The lowest BCUT2D eigenvalue weighted by atomic mass is 10.1. The van der Waals surface area contributed by atoms with Crippen LogP contribution in [0.1, 0.15) is 0 Å². The van der Waals surface area contributed by atoms with Crippen LogP contribution in [0.15, 0.2) is 156 Å². The first-order valence-corrected chi connectivity index (χ1v) is 19.8. The summed E-state index contributed by atoms with van der Waals surface area (Å²) in [5, 5.41) is 0. The van der Waals surface area contributed by atoms with E-state index in [1.807, 2.05) is 85.2 Å². The molecule has 0 bridgehead atoms. The first kappa shape index (κ1) is 36.1. The van der Waals surface area contributed by atoms with Gasteiger partial charge in [0.15, 0.2) is 12.4 Å². The fourth-order valence-corrected chi connectivity index (χ4v) is 6.79. The second kappa shape index (κ2) is 16.2. The molecule has 0 spiro atoms. The van der Waals surface area contributed by atoms with E-state index in [0.717, 1.165) is 65.9 Å². The summed E-state index contributed by atoms with van der Waals surface area (Å²) in [6.45, 7) is 0. The fourth-order valence-electron chi connectivity index (χ4n) is 5.75. The Morgan fingerprint density at radius 2 is 0.852 bits per heavy atom. The highest BCUT2D eigenvalue weighted by molar-refractivity contribution is 7.84. The molecule has 2 atom stereocenters. The van der Waals surface area contributed by atoms with Crippen molar-refractivity contribution in [1.82, 2.24) is 24.9 Å². The number of aromatic amines is 3. The van der Waals surface area contributed by atoms with Gasteiger partial charge < -0.3 is 9.97 Å². The lowest BCUT2D eigenvalue weighted by Crippen LogP contribution is -1.97. The molecule has 4 aromatic heterocycles. The molecule has 0 radical (unpaired) electrons. The van der Waals surface area contributed by atoms with Gasteiger partial charge in [-0.2, -0.15) is 0 Å². The highest BCUT2D eigenvalue weighted by Crippen LogP contribution is 2.34. The minimum Gasteiger partial charge on any atom is -0.337 e. The summed E-state index contributed by atoms with van der Waals surface area (Å²) in [6, 6.07) is 35.2. The van der Waals surface area contributed by atoms with Crippen LogP contribution in [0, 0.1) is 11.6 Å². The van der Waals surface area contributed by atoms with Gasteiger partial charge in [0.05, 0.1) is 22.8 Å². The maximum atomic E-state index is 13.3. The number of hydrogen-bond donors (Lipinski definition) is 2. The normalized spacial score (nSPS) is 12.1. The number of H-pyrrole nitrogens is 3. The number of pyridine rings is 2. The van der Waals surface area contributed by atoms with E-state index < -0.39 is 21.6 Å². The lowest BCUT2D eigenvalue weighted by Gasteiger charge is -2.02. The SMILES string of the molecule is CS(=O)c1ccc(-c2nc(-c3ccc(F)cc3)c(-c3cc[nH+]cc3)[nH]2)cc1.CS(=O)c1ccc(-c2nc(-c3ccc(F)cc3)c(-c3ccncc3)[nH]2)cc1. The number of halogens is 2. The molecular formula is C42H33F2N6O2S2+. The third kappa shape index (κ3) is 8.20. The van der Waals surface area contributed by atoms with Gasteiger partial charge in [0.25, 0.3) is 0 Å². The summed E-state index contributed by atoms with van der Waals surface area (Å²) < 4.78 is 49.9. The second-order valence-electron chi connectivity index (χ2n) is 12.1. The number of aromatic nitrogens is 6. The fraction of sp³-hybridized carbons (Fsp3) is 0.0476. The van der Waals surface area contributed by atoms with Crippen LogP contribution in [-0.4, -0.2) is 45.8 Å². The van der Waals surface area contributed by atoms with Crippen LogP contribution in [-0.2, 0) is 21.6 Å². The van der Waals surface area contributed by atoms with Crippen LogP contribution < -0.4 is 4.98 Å². The minimum atomic E-state index is -1.03. The van der Waals surface area contributed by atoms with E-state index >= 15 is 0 Å². The van der Waals surface area contributed by atoms with E-state index in [0.29, 0.717) is 11.6 Å². The van der Waals surface area contributed by atoms with Crippen LogP contribution in [0.25, 0.3) is 67.8 Å². The van der Waals surface area contributed by atoms with E-state index in [-0.39, 0.29) is 11.6 Å². The van der Waals surface area contributed by atoms with E-state index in [1.54, 1.807) is 49.2 Å². The predicted octanol–water partition coefficient (Wildman–Crippen LogP) is 8.78. The molecular weight excluding hydrogens is 723 g/mol. The molecule has 0 saturated carbocycles. The van der Waals surface area contributed by atoms with Crippen molar-refractivity contribution in [2.24, 2.45) is 0 Å². The molecule has 54 heavy (non-hydrogen) atoms. The maximum absolute atomic E-state index is 13.3. The third-order valence-corrected chi connectivity index (χ3v) is 10.4. The molecule has 8 rings (SSSR count). The quantitative estimate of drug-likeness (QED) is 0.161. The molecule has 4 aromatic carbocycles. The first-order chi connectivity index (χ1) is 26.2. The molecule has 0 fully saturated rings. The molecule has 0 amide bonds. The summed E-state index contributed by atoms with van der Waals surface area (Å²) in [5.74, 6) is 0.816. The van der Waals surface area contributed by atoms with Crippen molar-refractivity contribution in [3.63, 3.8) is 0 Å². The molecule has 12 heteroatoms. The molecule has 8 nitrogen and oxygen atoms in total. The average molecular weight is 756 g/mol. The van der Waals surface area contributed by atoms with Crippen molar-refractivity contribution in [3.05, 3.63) is 158 Å². The smallest absolute Gasteiger partial charge is 0.167 e. The topological polar surface area (TPSA) is 119 Å². The number of nitrogens with zero attached hydrogens (tertiary/aromatic N) is 3. The number of imidazole rings is 2. The van der Waals surface area contributed by atoms with Crippen LogP contribution in [0.5, 0.6) is 0 Å². The Kier molecular flexibility index (Phi) is 10.8. The average Bonchev–Trinajstić information content (AvgIpc) is 3.86. The summed E-state index contributed by atoms with van der Waals surface area (Å²) >= 11 is 0. The Bertz CT molecular complexity index is 2360. The zero-order chi connectivity index (χ0) is 37.6. The van der Waals surface area contributed by atoms with Gasteiger partial charge in [0, 0.05) is 102 Å². The Morgan fingerprint density at radius 1 is 0.481 bits per heavy atom. The summed E-state index contributed by atoms with van der Waals surface area (Å²) in [6.07, 6.45) is 10.4. The largest absolute Gasteiger partial charge is 0.337 e. The molecule has 4 heterocycles. The van der Waals surface area contributed by atoms with Crippen molar-refractivity contribution in [1.29, 1.82) is 0 Å². The number of hydrogen-bond acceptors (Lipinski definition) is 5. The lowest BCUT2D eigenvalue weighted by molar-refractivity contribution is -0.377. The van der Waals surface area contributed by atoms with Gasteiger partial charge in [-0.3, -0.25) is 13.4 Å². The molecule has 3 N–H and O–H groups in total.